The summed E-state index contributed by atoms with van der Waals surface area (Å²) in [4.78, 5) is 23.9. The Hall–Kier alpha value is -3.09. The van der Waals surface area contributed by atoms with Crippen LogP contribution in [0.5, 0.6) is 11.5 Å². The standard InChI is InChI=1S/C18H19FN2O4/c1-24-15-7-6-13(11-16(15)25-2)18(23)21-9-8-20-17(22)12-4-3-5-14(19)10-12/h3-7,10-11H,8-9H2,1-2H3,(H,20,22)(H,21,23). The van der Waals surface area contributed by atoms with Gasteiger partial charge in [0.15, 0.2) is 11.5 Å². The van der Waals surface area contributed by atoms with Crippen LogP contribution in [0, 0.1) is 5.82 Å². The highest BCUT2D eigenvalue weighted by Gasteiger charge is 2.11. The number of nitrogens with one attached hydrogen (secondary N) is 2. The maximum absolute atomic E-state index is 13.1. The molecule has 0 spiro atoms. The third kappa shape index (κ3) is 4.94. The minimum Gasteiger partial charge on any atom is -0.493 e. The third-order valence-corrected chi connectivity index (χ3v) is 3.43. The number of halogens is 1. The Morgan fingerprint density at radius 2 is 1.48 bits per heavy atom. The van der Waals surface area contributed by atoms with Crippen molar-refractivity contribution in [3.63, 3.8) is 0 Å². The van der Waals surface area contributed by atoms with Crippen LogP contribution in [0.1, 0.15) is 20.7 Å². The third-order valence-electron chi connectivity index (χ3n) is 3.43. The Bertz CT molecular complexity index is 764. The molecule has 0 fully saturated rings. The van der Waals surface area contributed by atoms with E-state index in [0.717, 1.165) is 6.07 Å². The van der Waals surface area contributed by atoms with E-state index in [9.17, 15) is 14.0 Å². The quantitative estimate of drug-likeness (QED) is 0.752. The summed E-state index contributed by atoms with van der Waals surface area (Å²) in [5, 5.41) is 5.29. The fraction of sp³-hybridized carbons (Fsp3) is 0.222. The van der Waals surface area contributed by atoms with Crippen molar-refractivity contribution < 1.29 is 23.5 Å². The lowest BCUT2D eigenvalue weighted by molar-refractivity contribution is 0.0927. The predicted molar refractivity (Wildman–Crippen MR) is 90.6 cm³/mol. The average Bonchev–Trinajstić information content (AvgIpc) is 2.64. The van der Waals surface area contributed by atoms with Crippen molar-refractivity contribution in [3.05, 3.63) is 59.4 Å². The highest BCUT2D eigenvalue weighted by Crippen LogP contribution is 2.27. The topological polar surface area (TPSA) is 76.7 Å². The molecule has 0 saturated heterocycles. The molecule has 0 radical (unpaired) electrons. The van der Waals surface area contributed by atoms with Crippen LogP contribution in [0.3, 0.4) is 0 Å². The summed E-state index contributed by atoms with van der Waals surface area (Å²) < 4.78 is 23.3. The molecule has 0 bridgehead atoms. The Kier molecular flexibility index (Phi) is 6.33. The molecule has 0 saturated carbocycles. The largest absolute Gasteiger partial charge is 0.493 e. The first-order valence-electron chi connectivity index (χ1n) is 7.59. The number of methoxy groups -OCH3 is 2. The highest BCUT2D eigenvalue weighted by molar-refractivity contribution is 5.95. The molecule has 0 aliphatic heterocycles. The van der Waals surface area contributed by atoms with Crippen molar-refractivity contribution in [2.75, 3.05) is 27.3 Å². The van der Waals surface area contributed by atoms with Gasteiger partial charge in [0.2, 0.25) is 0 Å². The summed E-state index contributed by atoms with van der Waals surface area (Å²) in [5.41, 5.74) is 0.639. The van der Waals surface area contributed by atoms with E-state index in [4.69, 9.17) is 9.47 Å². The first-order valence-corrected chi connectivity index (χ1v) is 7.59. The number of rotatable bonds is 7. The smallest absolute Gasteiger partial charge is 0.251 e. The Balaban J connectivity index is 1.83. The lowest BCUT2D eigenvalue weighted by atomic mass is 10.2. The fourth-order valence-electron chi connectivity index (χ4n) is 2.16. The lowest BCUT2D eigenvalue weighted by Gasteiger charge is -2.10. The van der Waals surface area contributed by atoms with Crippen LogP contribution >= 0.6 is 0 Å². The number of ether oxygens (including phenoxy) is 2. The summed E-state index contributed by atoms with van der Waals surface area (Å²) in [5.74, 6) is -0.203. The van der Waals surface area contributed by atoms with Gasteiger partial charge >= 0.3 is 0 Å². The number of carbonyl (C=O) groups is 2. The van der Waals surface area contributed by atoms with Gasteiger partial charge < -0.3 is 20.1 Å². The highest BCUT2D eigenvalue weighted by atomic mass is 19.1. The molecule has 0 unspecified atom stereocenters. The van der Waals surface area contributed by atoms with Crippen molar-refractivity contribution >= 4 is 11.8 Å². The molecular weight excluding hydrogens is 327 g/mol. The molecule has 7 heteroatoms. The van der Waals surface area contributed by atoms with Crippen LogP contribution in [0.4, 0.5) is 4.39 Å². The molecule has 2 aromatic carbocycles. The molecule has 132 valence electrons. The van der Waals surface area contributed by atoms with Gasteiger partial charge in [0.1, 0.15) is 5.82 Å². The normalized spacial score (nSPS) is 10.0. The van der Waals surface area contributed by atoms with Crippen LogP contribution < -0.4 is 20.1 Å². The van der Waals surface area contributed by atoms with Crippen LogP contribution in [-0.4, -0.2) is 39.1 Å². The van der Waals surface area contributed by atoms with Crippen molar-refractivity contribution in [2.24, 2.45) is 0 Å². The molecule has 0 atom stereocenters. The summed E-state index contributed by atoms with van der Waals surface area (Å²) >= 11 is 0. The fourth-order valence-corrected chi connectivity index (χ4v) is 2.16. The van der Waals surface area contributed by atoms with E-state index in [1.165, 1.54) is 32.4 Å². The van der Waals surface area contributed by atoms with Gasteiger partial charge in [-0.05, 0) is 36.4 Å². The van der Waals surface area contributed by atoms with Crippen molar-refractivity contribution in [1.29, 1.82) is 0 Å². The molecule has 2 rings (SSSR count). The molecule has 0 heterocycles. The SMILES string of the molecule is COc1ccc(C(=O)NCCNC(=O)c2cccc(F)c2)cc1OC. The van der Waals surface area contributed by atoms with Gasteiger partial charge in [-0.3, -0.25) is 9.59 Å². The van der Waals surface area contributed by atoms with Crippen LogP contribution in [0.2, 0.25) is 0 Å². The van der Waals surface area contributed by atoms with Crippen LogP contribution in [0.15, 0.2) is 42.5 Å². The molecule has 0 aliphatic rings. The Morgan fingerprint density at radius 3 is 2.04 bits per heavy atom. The molecule has 2 aromatic rings. The second-order valence-electron chi connectivity index (χ2n) is 5.09. The summed E-state index contributed by atoms with van der Waals surface area (Å²) in [6.07, 6.45) is 0. The molecule has 0 aromatic heterocycles. The van der Waals surface area contributed by atoms with Gasteiger partial charge in [0.05, 0.1) is 14.2 Å². The molecule has 0 aliphatic carbocycles. The first kappa shape index (κ1) is 18.3. The maximum Gasteiger partial charge on any atom is 0.251 e. The van der Waals surface area contributed by atoms with Crippen LogP contribution in [0.25, 0.3) is 0 Å². The van der Waals surface area contributed by atoms with E-state index >= 15 is 0 Å². The van der Waals surface area contributed by atoms with E-state index in [-0.39, 0.29) is 24.6 Å². The number of benzene rings is 2. The first-order chi connectivity index (χ1) is 12.0. The molecule has 2 amide bonds. The number of hydrogen-bond acceptors (Lipinski definition) is 4. The molecular formula is C18H19FN2O4. The molecule has 2 N–H and O–H groups in total. The summed E-state index contributed by atoms with van der Waals surface area (Å²) in [7, 11) is 3.00. The van der Waals surface area contributed by atoms with Gasteiger partial charge in [0, 0.05) is 24.2 Å². The van der Waals surface area contributed by atoms with E-state index in [0.29, 0.717) is 17.1 Å². The monoisotopic (exact) mass is 346 g/mol. The van der Waals surface area contributed by atoms with Crippen molar-refractivity contribution in [1.82, 2.24) is 10.6 Å². The summed E-state index contributed by atoms with van der Waals surface area (Å²) in [6, 6.07) is 10.2. The minimum absolute atomic E-state index is 0.217. The summed E-state index contributed by atoms with van der Waals surface area (Å²) in [6.45, 7) is 0.447. The van der Waals surface area contributed by atoms with Gasteiger partial charge in [-0.1, -0.05) is 6.07 Å². The Morgan fingerprint density at radius 1 is 0.880 bits per heavy atom. The predicted octanol–water partition coefficient (Wildman–Crippen LogP) is 2.00. The maximum atomic E-state index is 13.1. The van der Waals surface area contributed by atoms with Crippen LogP contribution in [-0.2, 0) is 0 Å². The molecule has 6 nitrogen and oxygen atoms in total. The van der Waals surface area contributed by atoms with Gasteiger partial charge in [-0.2, -0.15) is 0 Å². The van der Waals surface area contributed by atoms with E-state index in [1.807, 2.05) is 0 Å². The van der Waals surface area contributed by atoms with Gasteiger partial charge in [-0.15, -0.1) is 0 Å². The average molecular weight is 346 g/mol. The van der Waals surface area contributed by atoms with Gasteiger partial charge in [-0.25, -0.2) is 4.39 Å². The number of hydrogen-bond donors (Lipinski definition) is 2. The van der Waals surface area contributed by atoms with E-state index in [1.54, 1.807) is 18.2 Å². The van der Waals surface area contributed by atoms with E-state index < -0.39 is 11.7 Å². The zero-order valence-corrected chi connectivity index (χ0v) is 14.0. The second kappa shape index (κ2) is 8.68. The van der Waals surface area contributed by atoms with Gasteiger partial charge in [0.25, 0.3) is 11.8 Å². The van der Waals surface area contributed by atoms with E-state index in [2.05, 4.69) is 10.6 Å². The number of amides is 2. The zero-order chi connectivity index (χ0) is 18.2. The Labute approximate surface area is 144 Å². The minimum atomic E-state index is -0.477. The zero-order valence-electron chi connectivity index (χ0n) is 14.0. The van der Waals surface area contributed by atoms with Crippen molar-refractivity contribution in [2.45, 2.75) is 0 Å². The second-order valence-corrected chi connectivity index (χ2v) is 5.09. The van der Waals surface area contributed by atoms with Crippen molar-refractivity contribution in [3.8, 4) is 11.5 Å². The number of carbonyl (C=O) groups excluding carboxylic acids is 2. The lowest BCUT2D eigenvalue weighted by Crippen LogP contribution is -2.34. The molecule has 25 heavy (non-hydrogen) atoms.